The quantitative estimate of drug-likeness (QED) is 0.387. The maximum Gasteiger partial charge on any atom is 0.332 e. The minimum Gasteiger partial charge on any atom is -0.347 e. The number of carbonyl (C=O) groups is 2. The highest BCUT2D eigenvalue weighted by Gasteiger charge is 2.29. The third-order valence-electron chi connectivity index (χ3n) is 4.17. The van der Waals surface area contributed by atoms with Crippen LogP contribution in [0.5, 0.6) is 0 Å². The summed E-state index contributed by atoms with van der Waals surface area (Å²) in [6.07, 6.45) is 0.527. The Labute approximate surface area is 166 Å². The van der Waals surface area contributed by atoms with Crippen molar-refractivity contribution in [3.8, 4) is 0 Å². The van der Waals surface area contributed by atoms with Crippen LogP contribution in [0.1, 0.15) is 26.6 Å². The van der Waals surface area contributed by atoms with E-state index in [9.17, 15) is 19.2 Å². The van der Waals surface area contributed by atoms with E-state index < -0.39 is 22.4 Å². The monoisotopic (exact) mass is 407 g/mol. The molecule has 2 aromatic rings. The molecule has 2 aromatic heterocycles. The summed E-state index contributed by atoms with van der Waals surface area (Å²) in [6, 6.07) is 0. The van der Waals surface area contributed by atoms with Gasteiger partial charge < -0.3 is 4.90 Å². The molecule has 2 rings (SSSR count). The molecule has 0 unspecified atom stereocenters. The van der Waals surface area contributed by atoms with E-state index in [0.717, 1.165) is 16.3 Å². The number of fused-ring (bicyclic) bond motifs is 1. The number of carbonyl (C=O) groups excluding carboxylic acids is 2. The van der Waals surface area contributed by atoms with Crippen LogP contribution in [0.4, 0.5) is 0 Å². The molecule has 0 N–H and O–H groups in total. The molecule has 0 aliphatic heterocycles. The van der Waals surface area contributed by atoms with Gasteiger partial charge in [0.2, 0.25) is 5.91 Å². The fraction of sp³-hybridized carbons (Fsp3) is 0.556. The predicted molar refractivity (Wildman–Crippen MR) is 108 cm³/mol. The molecule has 0 aliphatic carbocycles. The average molecular weight is 407 g/mol. The number of hydrogen-bond acceptors (Lipinski definition) is 7. The first-order chi connectivity index (χ1) is 13.0. The summed E-state index contributed by atoms with van der Waals surface area (Å²) < 4.78 is 2.25. The number of aryl methyl sites for hydroxylation is 1. The van der Waals surface area contributed by atoms with Crippen molar-refractivity contribution in [3.05, 3.63) is 26.7 Å². The van der Waals surface area contributed by atoms with Gasteiger partial charge in [0.15, 0.2) is 11.4 Å². The van der Waals surface area contributed by atoms with Crippen LogP contribution in [0.2, 0.25) is 0 Å². The Morgan fingerprint density at radius 2 is 1.71 bits per heavy atom. The van der Waals surface area contributed by atoms with Gasteiger partial charge in [-0.2, -0.15) is 0 Å². The molecule has 28 heavy (non-hydrogen) atoms. The van der Waals surface area contributed by atoms with E-state index >= 15 is 0 Å². The summed E-state index contributed by atoms with van der Waals surface area (Å²) in [6.45, 7) is 5.32. The van der Waals surface area contributed by atoms with Crippen molar-refractivity contribution in [2.45, 2.75) is 37.5 Å². The fourth-order valence-corrected chi connectivity index (χ4v) is 3.82. The maximum absolute atomic E-state index is 12.8. The number of aromatic nitrogens is 4. The smallest absolute Gasteiger partial charge is 0.332 e. The number of hydrogen-bond donors (Lipinski definition) is 0. The molecule has 0 fully saturated rings. The van der Waals surface area contributed by atoms with Gasteiger partial charge in [-0.3, -0.25) is 23.5 Å². The van der Waals surface area contributed by atoms with E-state index in [2.05, 4.69) is 9.97 Å². The lowest BCUT2D eigenvalue weighted by atomic mass is 10.1. The van der Waals surface area contributed by atoms with Gasteiger partial charge in [0.1, 0.15) is 21.5 Å². The van der Waals surface area contributed by atoms with Crippen LogP contribution in [-0.4, -0.2) is 55.0 Å². The van der Waals surface area contributed by atoms with Gasteiger partial charge in [0.05, 0.1) is 0 Å². The van der Waals surface area contributed by atoms with Gasteiger partial charge in [-0.15, -0.1) is 0 Å². The van der Waals surface area contributed by atoms with Crippen molar-refractivity contribution >= 4 is 34.5 Å². The van der Waals surface area contributed by atoms with Crippen molar-refractivity contribution < 1.29 is 9.59 Å². The Morgan fingerprint density at radius 3 is 2.21 bits per heavy atom. The van der Waals surface area contributed by atoms with E-state index in [1.807, 2.05) is 13.8 Å². The highest BCUT2D eigenvalue weighted by Crippen LogP contribution is 2.28. The fourth-order valence-electron chi connectivity index (χ4n) is 2.67. The second kappa shape index (κ2) is 8.26. The SMILES string of the molecule is CC(=O)[C@@H](Sc1nc(CC(C)C)nc2c1c(=O)n(C)c(=O)n2C)C(=O)N(C)C. The molecule has 1 amide bonds. The molecule has 0 spiro atoms. The average Bonchev–Trinajstić information content (AvgIpc) is 2.60. The van der Waals surface area contributed by atoms with Crippen LogP contribution in [0.25, 0.3) is 11.0 Å². The number of nitrogens with zero attached hydrogens (tertiary/aromatic N) is 5. The van der Waals surface area contributed by atoms with Crippen LogP contribution in [0, 0.1) is 5.92 Å². The lowest BCUT2D eigenvalue weighted by Gasteiger charge is -2.19. The van der Waals surface area contributed by atoms with Gasteiger partial charge in [-0.25, -0.2) is 14.8 Å². The highest BCUT2D eigenvalue weighted by molar-refractivity contribution is 8.01. The van der Waals surface area contributed by atoms with Crippen molar-refractivity contribution in [2.75, 3.05) is 14.1 Å². The zero-order valence-corrected chi connectivity index (χ0v) is 18.0. The molecule has 0 bridgehead atoms. The summed E-state index contributed by atoms with van der Waals surface area (Å²) in [5, 5.41) is -0.686. The van der Waals surface area contributed by atoms with E-state index in [1.54, 1.807) is 14.1 Å². The summed E-state index contributed by atoms with van der Waals surface area (Å²) in [4.78, 5) is 59.9. The first-order valence-corrected chi connectivity index (χ1v) is 9.68. The molecular formula is C18H25N5O4S. The lowest BCUT2D eigenvalue weighted by molar-refractivity contribution is -0.132. The standard InChI is InChI=1S/C18H25N5O4S/c1-9(2)8-11-19-14-12(16(25)23(7)18(27)22(14)6)15(20-11)28-13(10(3)24)17(26)21(4)5/h9,13H,8H2,1-7H3/t13-/m1/s1. The summed E-state index contributed by atoms with van der Waals surface area (Å²) in [7, 11) is 6.01. The van der Waals surface area contributed by atoms with Crippen LogP contribution in [0.15, 0.2) is 14.6 Å². The molecule has 152 valence electrons. The third-order valence-corrected chi connectivity index (χ3v) is 5.46. The zero-order valence-electron chi connectivity index (χ0n) is 17.1. The van der Waals surface area contributed by atoms with Crippen LogP contribution < -0.4 is 11.2 Å². The third kappa shape index (κ3) is 4.16. The van der Waals surface area contributed by atoms with Gasteiger partial charge in [-0.05, 0) is 12.8 Å². The minimum absolute atomic E-state index is 0.125. The number of amides is 1. The number of Topliss-reactive ketones (excluding diaryl/α,β-unsaturated/α-hetero) is 1. The number of thioether (sulfide) groups is 1. The van der Waals surface area contributed by atoms with Crippen molar-refractivity contribution in [3.63, 3.8) is 0 Å². The van der Waals surface area contributed by atoms with Crippen molar-refractivity contribution in [1.82, 2.24) is 24.0 Å². The first-order valence-electron chi connectivity index (χ1n) is 8.80. The summed E-state index contributed by atoms with van der Waals surface area (Å²) >= 11 is 0.921. The molecule has 0 aliphatic rings. The largest absolute Gasteiger partial charge is 0.347 e. The van der Waals surface area contributed by atoms with Gasteiger partial charge in [-0.1, -0.05) is 25.6 Å². The molecule has 10 heteroatoms. The lowest BCUT2D eigenvalue weighted by Crippen LogP contribution is -2.38. The molecule has 9 nitrogen and oxygen atoms in total. The Balaban J connectivity index is 2.82. The summed E-state index contributed by atoms with van der Waals surface area (Å²) in [5.41, 5.74) is -0.868. The van der Waals surface area contributed by atoms with Gasteiger partial charge in [0.25, 0.3) is 5.56 Å². The second-order valence-corrected chi connectivity index (χ2v) is 8.38. The first kappa shape index (κ1) is 21.8. The zero-order chi connectivity index (χ0) is 21.3. The molecule has 0 aromatic carbocycles. The molecular weight excluding hydrogens is 382 g/mol. The molecule has 0 saturated carbocycles. The molecule has 0 radical (unpaired) electrons. The second-order valence-electron chi connectivity index (χ2n) is 7.29. The van der Waals surface area contributed by atoms with Crippen molar-refractivity contribution in [1.29, 1.82) is 0 Å². The predicted octanol–water partition coefficient (Wildman–Crippen LogP) is 0.364. The highest BCUT2D eigenvalue weighted by atomic mass is 32.2. The maximum atomic E-state index is 12.8. The van der Waals surface area contributed by atoms with Crippen molar-refractivity contribution in [2.24, 2.45) is 20.0 Å². The van der Waals surface area contributed by atoms with Crippen LogP contribution in [-0.2, 0) is 30.1 Å². The van der Waals surface area contributed by atoms with E-state index in [1.165, 1.54) is 30.5 Å². The minimum atomic E-state index is -1.04. The molecule has 2 heterocycles. The Kier molecular flexibility index (Phi) is 6.43. The number of ketones is 1. The van der Waals surface area contributed by atoms with E-state index in [4.69, 9.17) is 0 Å². The molecule has 1 atom stereocenters. The molecule has 0 saturated heterocycles. The normalized spacial score (nSPS) is 12.4. The number of rotatable bonds is 6. The van der Waals surface area contributed by atoms with Crippen LogP contribution >= 0.6 is 11.8 Å². The Bertz CT molecular complexity index is 1050. The summed E-state index contributed by atoms with van der Waals surface area (Å²) in [5.74, 6) is -0.0439. The Morgan fingerprint density at radius 1 is 1.11 bits per heavy atom. The Hall–Kier alpha value is -2.49. The van der Waals surface area contributed by atoms with Gasteiger partial charge in [0, 0.05) is 34.6 Å². The van der Waals surface area contributed by atoms with Gasteiger partial charge >= 0.3 is 5.69 Å². The van der Waals surface area contributed by atoms with E-state index in [-0.39, 0.29) is 27.8 Å². The van der Waals surface area contributed by atoms with E-state index in [0.29, 0.717) is 12.2 Å². The topological polar surface area (TPSA) is 107 Å². The van der Waals surface area contributed by atoms with Crippen LogP contribution in [0.3, 0.4) is 0 Å².